The van der Waals surface area contributed by atoms with E-state index in [1.165, 1.54) is 5.01 Å². The lowest BCUT2D eigenvalue weighted by Gasteiger charge is -2.22. The maximum Gasteiger partial charge on any atom is 0.276 e. The van der Waals surface area contributed by atoms with E-state index in [9.17, 15) is 9.90 Å². The molecule has 0 radical (unpaired) electrons. The van der Waals surface area contributed by atoms with Crippen LogP contribution in [0.15, 0.2) is 70.5 Å². The number of halogens is 1. The van der Waals surface area contributed by atoms with Gasteiger partial charge in [0, 0.05) is 12.0 Å². The Labute approximate surface area is 160 Å². The van der Waals surface area contributed by atoms with Gasteiger partial charge in [0.2, 0.25) is 0 Å². The van der Waals surface area contributed by atoms with E-state index in [-0.39, 0.29) is 17.7 Å². The van der Waals surface area contributed by atoms with Crippen molar-refractivity contribution in [1.29, 1.82) is 0 Å². The number of rotatable bonds is 3. The van der Waals surface area contributed by atoms with Crippen molar-refractivity contribution in [1.82, 2.24) is 5.01 Å². The molecule has 1 N–H and O–H groups in total. The first-order valence-corrected chi connectivity index (χ1v) is 9.42. The predicted octanol–water partition coefficient (Wildman–Crippen LogP) is 5.10. The zero-order valence-electron chi connectivity index (χ0n) is 13.7. The summed E-state index contributed by atoms with van der Waals surface area (Å²) in [7, 11) is 0. The van der Waals surface area contributed by atoms with Crippen LogP contribution >= 0.6 is 22.9 Å². The molecule has 0 spiro atoms. The Bertz CT molecular complexity index is 985. The van der Waals surface area contributed by atoms with Gasteiger partial charge in [-0.2, -0.15) is 16.4 Å². The van der Waals surface area contributed by atoms with Gasteiger partial charge in [-0.05, 0) is 46.7 Å². The monoisotopic (exact) mass is 382 g/mol. The van der Waals surface area contributed by atoms with E-state index in [2.05, 4.69) is 5.10 Å². The van der Waals surface area contributed by atoms with Gasteiger partial charge in [0.1, 0.15) is 5.75 Å². The third-order valence-corrected chi connectivity index (χ3v) is 5.34. The van der Waals surface area contributed by atoms with Crippen LogP contribution in [0, 0.1) is 0 Å². The second-order valence-electron chi connectivity index (χ2n) is 6.00. The smallest absolute Gasteiger partial charge is 0.276 e. The highest BCUT2D eigenvalue weighted by molar-refractivity contribution is 7.08. The Balaban J connectivity index is 1.76. The zero-order chi connectivity index (χ0) is 18.1. The van der Waals surface area contributed by atoms with Gasteiger partial charge in [-0.3, -0.25) is 4.79 Å². The third kappa shape index (κ3) is 3.11. The Kier molecular flexibility index (Phi) is 4.49. The topological polar surface area (TPSA) is 52.9 Å². The summed E-state index contributed by atoms with van der Waals surface area (Å²) in [5, 5.41) is 20.3. The summed E-state index contributed by atoms with van der Waals surface area (Å²) in [6, 6.07) is 15.6. The summed E-state index contributed by atoms with van der Waals surface area (Å²) in [6.07, 6.45) is 0.580. The van der Waals surface area contributed by atoms with Crippen molar-refractivity contribution in [3.63, 3.8) is 0 Å². The Hall–Kier alpha value is -2.63. The first-order chi connectivity index (χ1) is 12.6. The number of benzene rings is 2. The quantitative estimate of drug-likeness (QED) is 0.685. The molecule has 2 heterocycles. The average molecular weight is 383 g/mol. The van der Waals surface area contributed by atoms with E-state index in [1.807, 2.05) is 22.9 Å². The highest BCUT2D eigenvalue weighted by Crippen LogP contribution is 2.36. The summed E-state index contributed by atoms with van der Waals surface area (Å²) in [4.78, 5) is 13.1. The first kappa shape index (κ1) is 16.8. The van der Waals surface area contributed by atoms with Gasteiger partial charge in [0.25, 0.3) is 5.91 Å². The van der Waals surface area contributed by atoms with Crippen LogP contribution in [0.3, 0.4) is 0 Å². The highest BCUT2D eigenvalue weighted by Gasteiger charge is 2.34. The van der Waals surface area contributed by atoms with Gasteiger partial charge >= 0.3 is 0 Å². The molecule has 0 saturated carbocycles. The molecule has 2 aromatic carbocycles. The van der Waals surface area contributed by atoms with Crippen molar-refractivity contribution < 1.29 is 9.90 Å². The molecule has 0 bridgehead atoms. The van der Waals surface area contributed by atoms with Gasteiger partial charge in [-0.15, -0.1) is 0 Å². The first-order valence-electron chi connectivity index (χ1n) is 8.10. The summed E-state index contributed by atoms with van der Waals surface area (Å²) < 4.78 is 0. The lowest BCUT2D eigenvalue weighted by Crippen LogP contribution is -2.27. The number of aromatic hydroxyl groups is 1. The number of phenols is 1. The third-order valence-electron chi connectivity index (χ3n) is 4.33. The molecule has 1 unspecified atom stereocenters. The van der Waals surface area contributed by atoms with Gasteiger partial charge < -0.3 is 5.11 Å². The molecule has 130 valence electrons. The van der Waals surface area contributed by atoms with Crippen molar-refractivity contribution >= 4 is 34.6 Å². The van der Waals surface area contributed by atoms with Crippen molar-refractivity contribution in [2.45, 2.75) is 12.5 Å². The number of nitrogens with zero attached hydrogens (tertiary/aromatic N) is 2. The van der Waals surface area contributed by atoms with E-state index >= 15 is 0 Å². The molecule has 26 heavy (non-hydrogen) atoms. The number of thiophene rings is 1. The minimum absolute atomic E-state index is 0.164. The molecule has 6 heteroatoms. The number of hydrogen-bond donors (Lipinski definition) is 1. The molecule has 0 saturated heterocycles. The Morgan fingerprint density at radius 2 is 2.04 bits per heavy atom. The molecule has 4 nitrogen and oxygen atoms in total. The van der Waals surface area contributed by atoms with Crippen molar-refractivity contribution in [2.24, 2.45) is 5.10 Å². The van der Waals surface area contributed by atoms with Crippen LogP contribution in [-0.2, 0) is 0 Å². The molecular weight excluding hydrogens is 368 g/mol. The van der Waals surface area contributed by atoms with Crippen LogP contribution < -0.4 is 0 Å². The van der Waals surface area contributed by atoms with Crippen molar-refractivity contribution in [2.75, 3.05) is 0 Å². The summed E-state index contributed by atoms with van der Waals surface area (Å²) >= 11 is 7.81. The molecule has 1 atom stereocenters. The van der Waals surface area contributed by atoms with E-state index < -0.39 is 0 Å². The van der Waals surface area contributed by atoms with Crippen LogP contribution in [0.1, 0.15) is 33.9 Å². The second-order valence-corrected chi connectivity index (χ2v) is 7.19. The summed E-state index contributed by atoms with van der Waals surface area (Å²) in [5.74, 6) is -0.0919. The van der Waals surface area contributed by atoms with Gasteiger partial charge in [-0.25, -0.2) is 5.01 Å². The molecular formula is C20H15ClN2O2S. The van der Waals surface area contributed by atoms with Crippen molar-refractivity contribution in [3.8, 4) is 5.75 Å². The standard InChI is InChI=1S/C20H15ClN2O2S/c21-17-7-2-1-6-16(17)20(25)23-19(13-4-3-5-15(24)10-13)11-18(22-23)14-8-9-26-12-14/h1-10,12,19,24H,11H2. The zero-order valence-corrected chi connectivity index (χ0v) is 15.2. The molecule has 1 aliphatic heterocycles. The van der Waals surface area contributed by atoms with Crippen LogP contribution in [0.2, 0.25) is 5.02 Å². The van der Waals surface area contributed by atoms with E-state index in [0.29, 0.717) is 17.0 Å². The molecule has 1 amide bonds. The lowest BCUT2D eigenvalue weighted by molar-refractivity contribution is 0.0711. The molecule has 4 rings (SSSR count). The minimum atomic E-state index is -0.291. The predicted molar refractivity (Wildman–Crippen MR) is 104 cm³/mol. The molecule has 0 fully saturated rings. The summed E-state index contributed by atoms with van der Waals surface area (Å²) in [5.41, 5.74) is 3.10. The van der Waals surface area contributed by atoms with E-state index in [0.717, 1.165) is 16.8 Å². The minimum Gasteiger partial charge on any atom is -0.508 e. The fraction of sp³-hybridized carbons (Fsp3) is 0.100. The fourth-order valence-corrected chi connectivity index (χ4v) is 3.93. The molecule has 3 aromatic rings. The number of carbonyl (C=O) groups is 1. The molecule has 0 aliphatic carbocycles. The summed E-state index contributed by atoms with van der Waals surface area (Å²) in [6.45, 7) is 0. The van der Waals surface area contributed by atoms with E-state index in [4.69, 9.17) is 11.6 Å². The maximum absolute atomic E-state index is 13.1. The van der Waals surface area contributed by atoms with Gasteiger partial charge in [0.15, 0.2) is 0 Å². The van der Waals surface area contributed by atoms with Crippen molar-refractivity contribution in [3.05, 3.63) is 87.1 Å². The van der Waals surface area contributed by atoms with Crippen LogP contribution in [0.25, 0.3) is 0 Å². The normalized spacial score (nSPS) is 16.6. The number of hydrazone groups is 1. The van der Waals surface area contributed by atoms with Crippen LogP contribution in [0.4, 0.5) is 0 Å². The second kappa shape index (κ2) is 6.94. The van der Waals surface area contributed by atoms with E-state index in [1.54, 1.807) is 53.8 Å². The lowest BCUT2D eigenvalue weighted by atomic mass is 9.99. The fourth-order valence-electron chi connectivity index (χ4n) is 3.05. The van der Waals surface area contributed by atoms with Crippen LogP contribution in [-0.4, -0.2) is 21.7 Å². The maximum atomic E-state index is 13.1. The molecule has 1 aromatic heterocycles. The number of carbonyl (C=O) groups excluding carboxylic acids is 1. The average Bonchev–Trinajstić information content (AvgIpc) is 3.31. The molecule has 1 aliphatic rings. The highest BCUT2D eigenvalue weighted by atomic mass is 35.5. The van der Waals surface area contributed by atoms with Gasteiger partial charge in [0.05, 0.1) is 22.3 Å². The van der Waals surface area contributed by atoms with Gasteiger partial charge in [-0.1, -0.05) is 35.9 Å². The number of hydrogen-bond acceptors (Lipinski definition) is 4. The SMILES string of the molecule is O=C(c1ccccc1Cl)N1N=C(c2ccsc2)CC1c1cccc(O)c1. The Morgan fingerprint density at radius 1 is 1.19 bits per heavy atom. The Morgan fingerprint density at radius 3 is 2.77 bits per heavy atom. The largest absolute Gasteiger partial charge is 0.508 e. The number of phenolic OH excluding ortho intramolecular Hbond substituents is 1. The van der Waals surface area contributed by atoms with Crippen LogP contribution in [0.5, 0.6) is 5.75 Å². The number of amides is 1.